The van der Waals surface area contributed by atoms with Crippen molar-refractivity contribution in [2.24, 2.45) is 0 Å². The van der Waals surface area contributed by atoms with Crippen molar-refractivity contribution in [2.75, 3.05) is 25.1 Å². The van der Waals surface area contributed by atoms with Crippen molar-refractivity contribution in [3.63, 3.8) is 0 Å². The molecule has 0 unspecified atom stereocenters. The average Bonchev–Trinajstić information content (AvgIpc) is 3.26. The van der Waals surface area contributed by atoms with Crippen LogP contribution in [0, 0.1) is 5.41 Å². The molecule has 4 rings (SSSR count). The van der Waals surface area contributed by atoms with Crippen molar-refractivity contribution < 1.29 is 20.1 Å². The van der Waals surface area contributed by atoms with Crippen LogP contribution in [0.4, 0.5) is 5.82 Å². The summed E-state index contributed by atoms with van der Waals surface area (Å²) < 4.78 is 7.15. The number of aliphatic hydroxyl groups is 3. The lowest BCUT2D eigenvalue weighted by atomic mass is 10.1. The van der Waals surface area contributed by atoms with Crippen LogP contribution in [0.25, 0.3) is 0 Å². The second-order valence-electron chi connectivity index (χ2n) is 7.11. The predicted molar refractivity (Wildman–Crippen MR) is 102 cm³/mol. The first kappa shape index (κ1) is 18.9. The topological polar surface area (TPSA) is 127 Å². The Bertz CT molecular complexity index is 827. The quantitative estimate of drug-likeness (QED) is 0.477. The first-order valence-electron chi connectivity index (χ1n) is 9.41. The van der Waals surface area contributed by atoms with Crippen molar-refractivity contribution in [3.8, 4) is 0 Å². The van der Waals surface area contributed by atoms with E-state index in [9.17, 15) is 15.3 Å². The number of aliphatic hydroxyl groups excluding tert-OH is 3. The third-order valence-electron chi connectivity index (χ3n) is 5.30. The number of aromatic nitrogens is 2. The van der Waals surface area contributed by atoms with Gasteiger partial charge in [-0.2, -0.15) is 0 Å². The minimum absolute atomic E-state index is 0.312. The highest BCUT2D eigenvalue weighted by Crippen LogP contribution is 2.34. The van der Waals surface area contributed by atoms with Crippen molar-refractivity contribution in [1.82, 2.24) is 14.5 Å². The van der Waals surface area contributed by atoms with Gasteiger partial charge in [0.1, 0.15) is 29.8 Å². The van der Waals surface area contributed by atoms with Crippen LogP contribution >= 0.6 is 0 Å². The van der Waals surface area contributed by atoms with Crippen LogP contribution in [-0.4, -0.2) is 73.7 Å². The monoisotopic (exact) mass is 387 g/mol. The Hall–Kier alpha value is -2.46. The number of fused-ring (bicyclic) bond motifs is 1. The van der Waals surface area contributed by atoms with E-state index in [4.69, 9.17) is 10.1 Å². The number of benzene rings is 1. The van der Waals surface area contributed by atoms with Gasteiger partial charge >= 0.3 is 0 Å². The highest BCUT2D eigenvalue weighted by molar-refractivity contribution is 6.00. The summed E-state index contributed by atoms with van der Waals surface area (Å²) in [5.41, 5.74) is 1.75. The Morgan fingerprint density at radius 3 is 2.71 bits per heavy atom. The minimum atomic E-state index is -1.18. The fourth-order valence-electron chi connectivity index (χ4n) is 3.72. The molecule has 1 aromatic carbocycles. The van der Waals surface area contributed by atoms with E-state index in [0.717, 1.165) is 19.4 Å². The number of rotatable bonds is 6. The van der Waals surface area contributed by atoms with Crippen LogP contribution in [-0.2, 0) is 11.2 Å². The molecule has 0 amide bonds. The van der Waals surface area contributed by atoms with Gasteiger partial charge in [-0.05, 0) is 18.4 Å². The fraction of sp³-hybridized carbons (Fsp3) is 0.474. The van der Waals surface area contributed by atoms with Crippen LogP contribution in [0.15, 0.2) is 36.7 Å². The van der Waals surface area contributed by atoms with E-state index < -0.39 is 24.5 Å². The lowest BCUT2D eigenvalue weighted by Crippen LogP contribution is -2.41. The molecular formula is C19H25N5O4. The van der Waals surface area contributed by atoms with Crippen LogP contribution in [0.2, 0.25) is 0 Å². The van der Waals surface area contributed by atoms with Gasteiger partial charge in [0.15, 0.2) is 12.1 Å². The molecule has 3 heterocycles. The second-order valence-corrected chi connectivity index (χ2v) is 7.11. The van der Waals surface area contributed by atoms with Crippen molar-refractivity contribution in [3.05, 3.63) is 47.9 Å². The molecule has 28 heavy (non-hydrogen) atoms. The van der Waals surface area contributed by atoms with Gasteiger partial charge in [0.25, 0.3) is 0 Å². The normalized spacial score (nSPS) is 27.0. The number of amidine groups is 1. The van der Waals surface area contributed by atoms with E-state index in [-0.39, 0.29) is 6.61 Å². The van der Waals surface area contributed by atoms with Gasteiger partial charge in [0.2, 0.25) is 0 Å². The Kier molecular flexibility index (Phi) is 5.31. The number of ether oxygens (including phenoxy) is 1. The molecule has 1 aromatic heterocycles. The Morgan fingerprint density at radius 1 is 1.21 bits per heavy atom. The SMILES string of the molecule is N=C1c2ncn([C@@H]3O[C@H](CO)[C@@H](O)[C@H]3O)c2NCN1CCCc1ccccc1. The predicted octanol–water partition coefficient (Wildman–Crippen LogP) is 0.138. The van der Waals surface area contributed by atoms with E-state index >= 15 is 0 Å². The van der Waals surface area contributed by atoms with Gasteiger partial charge in [-0.1, -0.05) is 30.3 Å². The molecule has 0 spiro atoms. The molecule has 9 heteroatoms. The first-order chi connectivity index (χ1) is 13.6. The zero-order valence-corrected chi connectivity index (χ0v) is 15.4. The molecule has 150 valence electrons. The summed E-state index contributed by atoms with van der Waals surface area (Å²) >= 11 is 0. The Morgan fingerprint density at radius 2 is 2.00 bits per heavy atom. The summed E-state index contributed by atoms with van der Waals surface area (Å²) in [7, 11) is 0. The number of hydrogen-bond donors (Lipinski definition) is 5. The minimum Gasteiger partial charge on any atom is -0.394 e. The summed E-state index contributed by atoms with van der Waals surface area (Å²) in [5.74, 6) is 0.881. The first-order valence-corrected chi connectivity index (χ1v) is 9.41. The van der Waals surface area contributed by atoms with Crippen molar-refractivity contribution >= 4 is 11.7 Å². The number of hydrogen-bond acceptors (Lipinski definition) is 7. The molecule has 0 aliphatic carbocycles. The van der Waals surface area contributed by atoms with Crippen molar-refractivity contribution in [1.29, 1.82) is 5.41 Å². The van der Waals surface area contributed by atoms with Gasteiger partial charge in [-0.15, -0.1) is 0 Å². The molecule has 5 N–H and O–H groups in total. The maximum atomic E-state index is 10.2. The van der Waals surface area contributed by atoms with Gasteiger partial charge in [-0.3, -0.25) is 9.98 Å². The molecule has 4 atom stereocenters. The van der Waals surface area contributed by atoms with Crippen LogP contribution in [0.1, 0.15) is 23.9 Å². The lowest BCUT2D eigenvalue weighted by molar-refractivity contribution is -0.0519. The summed E-state index contributed by atoms with van der Waals surface area (Å²) in [5, 5.41) is 41.2. The molecule has 1 fully saturated rings. The van der Waals surface area contributed by atoms with E-state index in [1.165, 1.54) is 11.9 Å². The van der Waals surface area contributed by atoms with Crippen LogP contribution in [0.3, 0.4) is 0 Å². The molecule has 2 aliphatic rings. The highest BCUT2D eigenvalue weighted by Gasteiger charge is 2.44. The largest absolute Gasteiger partial charge is 0.394 e. The van der Waals surface area contributed by atoms with Gasteiger partial charge in [0.05, 0.1) is 19.6 Å². The van der Waals surface area contributed by atoms with Gasteiger partial charge in [-0.25, -0.2) is 4.98 Å². The third-order valence-corrected chi connectivity index (χ3v) is 5.30. The molecule has 0 radical (unpaired) electrons. The maximum absolute atomic E-state index is 10.2. The molecule has 2 aliphatic heterocycles. The third kappa shape index (κ3) is 3.37. The molecule has 0 bridgehead atoms. The lowest BCUT2D eigenvalue weighted by Gasteiger charge is -2.31. The van der Waals surface area contributed by atoms with Crippen LogP contribution in [0.5, 0.6) is 0 Å². The summed E-state index contributed by atoms with van der Waals surface area (Å²) in [4.78, 5) is 6.22. The second kappa shape index (κ2) is 7.88. The molecule has 0 saturated carbocycles. The summed E-state index contributed by atoms with van der Waals surface area (Å²) in [6.07, 6.45) is -0.738. The van der Waals surface area contributed by atoms with Gasteiger partial charge < -0.3 is 30.3 Å². The fourth-order valence-corrected chi connectivity index (χ4v) is 3.72. The highest BCUT2D eigenvalue weighted by atomic mass is 16.6. The molecular weight excluding hydrogens is 362 g/mol. The number of aryl methyl sites for hydroxylation is 1. The zero-order valence-electron chi connectivity index (χ0n) is 15.4. The number of anilines is 1. The van der Waals surface area contributed by atoms with Gasteiger partial charge in [0, 0.05) is 6.54 Å². The smallest absolute Gasteiger partial charge is 0.165 e. The maximum Gasteiger partial charge on any atom is 0.165 e. The standard InChI is InChI=1S/C19H25N5O4/c20-17-14-18(22-10-23(17)8-4-7-12-5-2-1-3-6-12)24(11-21-14)19-16(27)15(26)13(9-25)28-19/h1-3,5-6,11,13,15-16,19-20,22,25-27H,4,7-10H2/t13-,15-,16-,19-/m1/s1. The van der Waals surface area contributed by atoms with E-state index in [0.29, 0.717) is 24.0 Å². The molecule has 1 saturated heterocycles. The van der Waals surface area contributed by atoms with Crippen LogP contribution < -0.4 is 5.32 Å². The molecule has 9 nitrogen and oxygen atoms in total. The zero-order chi connectivity index (χ0) is 19.7. The van der Waals surface area contributed by atoms with E-state index in [2.05, 4.69) is 22.4 Å². The summed E-state index contributed by atoms with van der Waals surface area (Å²) in [6, 6.07) is 10.2. The summed E-state index contributed by atoms with van der Waals surface area (Å²) in [6.45, 7) is 0.784. The van der Waals surface area contributed by atoms with E-state index in [1.54, 1.807) is 4.57 Å². The Balaban J connectivity index is 1.42. The number of imidazole rings is 1. The van der Waals surface area contributed by atoms with E-state index in [1.807, 2.05) is 23.1 Å². The van der Waals surface area contributed by atoms with Crippen molar-refractivity contribution in [2.45, 2.75) is 37.4 Å². The number of nitrogens with one attached hydrogen (secondary N) is 2. The number of nitrogens with zero attached hydrogens (tertiary/aromatic N) is 3. The average molecular weight is 387 g/mol. The molecule has 2 aromatic rings. The Labute approximate surface area is 162 Å².